The number of nitrogen functional groups attached to an aromatic ring is 1. The third kappa shape index (κ3) is 17.7. The smallest absolute Gasteiger partial charge is 0.409 e. The van der Waals surface area contributed by atoms with Crippen LogP contribution in [0.5, 0.6) is 5.88 Å². The molecule has 2 fully saturated rings. The summed E-state index contributed by atoms with van der Waals surface area (Å²) in [5, 5.41) is 33.6. The Morgan fingerprint density at radius 2 is 1.29 bits per heavy atom. The van der Waals surface area contributed by atoms with Gasteiger partial charge in [-0.05, 0) is 107 Å². The monoisotopic (exact) mass is 942 g/mol. The van der Waals surface area contributed by atoms with Crippen molar-refractivity contribution in [3.8, 4) is 5.88 Å². The molecule has 2 aliphatic heterocycles. The van der Waals surface area contributed by atoms with Gasteiger partial charge in [-0.15, -0.1) is 0 Å². The molecule has 370 valence electrons. The quantitative estimate of drug-likeness (QED) is 0.0893. The van der Waals surface area contributed by atoms with Gasteiger partial charge in [0, 0.05) is 83.2 Å². The number of fused-ring (bicyclic) bond motifs is 1. The van der Waals surface area contributed by atoms with E-state index in [0.717, 1.165) is 117 Å². The number of carbonyl (C=O) groups is 3. The lowest BCUT2D eigenvalue weighted by Crippen LogP contribution is -2.47. The summed E-state index contributed by atoms with van der Waals surface area (Å²) in [5.74, 6) is -1.76. The summed E-state index contributed by atoms with van der Waals surface area (Å²) in [6, 6.07) is 14.3. The molecule has 2 aromatic heterocycles. The molecule has 4 heterocycles. The molecule has 4 aromatic rings. The highest BCUT2D eigenvalue weighted by atomic mass is 16.6. The van der Waals surface area contributed by atoms with Crippen LogP contribution in [0.1, 0.15) is 52.9 Å². The highest BCUT2D eigenvalue weighted by Crippen LogP contribution is 2.19. The van der Waals surface area contributed by atoms with Gasteiger partial charge in [0.15, 0.2) is 17.2 Å². The minimum atomic E-state index is -1.24. The lowest BCUT2D eigenvalue weighted by molar-refractivity contribution is -0.144. The average Bonchev–Trinajstić information content (AvgIpc) is 3.34. The molecular formula is C47H71N15O6. The summed E-state index contributed by atoms with van der Waals surface area (Å²) >= 11 is 0. The Hall–Kier alpha value is -5.81. The number of ether oxygens (including phenoxy) is 2. The van der Waals surface area contributed by atoms with Crippen molar-refractivity contribution in [3.05, 3.63) is 77.1 Å². The summed E-state index contributed by atoms with van der Waals surface area (Å²) in [4.78, 5) is 62.8. The molecule has 1 atom stereocenters. The molecule has 21 nitrogen and oxygen atoms in total. The Balaban J connectivity index is 1.01. The van der Waals surface area contributed by atoms with Gasteiger partial charge in [0.1, 0.15) is 6.61 Å². The van der Waals surface area contributed by atoms with Crippen molar-refractivity contribution in [1.82, 2.24) is 66.5 Å². The maximum Gasteiger partial charge on any atom is 0.409 e. The largest absolute Gasteiger partial charge is 0.492 e. The maximum absolute atomic E-state index is 13.7. The predicted molar refractivity (Wildman–Crippen MR) is 261 cm³/mol. The minimum absolute atomic E-state index is 0.106. The van der Waals surface area contributed by atoms with Gasteiger partial charge in [-0.2, -0.15) is 9.97 Å². The van der Waals surface area contributed by atoms with E-state index in [-0.39, 0.29) is 35.1 Å². The molecule has 0 spiro atoms. The molecule has 2 amide bonds. The van der Waals surface area contributed by atoms with Gasteiger partial charge in [-0.25, -0.2) is 19.6 Å². The number of nitrogens with zero attached hydrogens (tertiary/aromatic N) is 7. The Labute approximate surface area is 399 Å². The normalized spacial score (nSPS) is 17.8. The van der Waals surface area contributed by atoms with Crippen molar-refractivity contribution < 1.29 is 29.0 Å². The van der Waals surface area contributed by atoms with Crippen LogP contribution in [0.4, 0.5) is 16.4 Å². The third-order valence-corrected chi connectivity index (χ3v) is 11.7. The maximum atomic E-state index is 13.7. The predicted octanol–water partition coefficient (Wildman–Crippen LogP) is 0.870. The first-order valence-corrected chi connectivity index (χ1v) is 23.9. The Morgan fingerprint density at radius 1 is 0.706 bits per heavy atom. The summed E-state index contributed by atoms with van der Waals surface area (Å²) in [7, 11) is 1.22. The number of nitrogens with two attached hydrogens (primary N) is 1. The van der Waals surface area contributed by atoms with Crippen molar-refractivity contribution in [1.29, 1.82) is 0 Å². The second kappa shape index (κ2) is 28.5. The molecule has 68 heavy (non-hydrogen) atoms. The van der Waals surface area contributed by atoms with Crippen LogP contribution < -0.4 is 43.0 Å². The van der Waals surface area contributed by atoms with Gasteiger partial charge in [0.2, 0.25) is 11.8 Å². The zero-order valence-corrected chi connectivity index (χ0v) is 39.4. The van der Waals surface area contributed by atoms with Crippen LogP contribution in [-0.4, -0.2) is 182 Å². The van der Waals surface area contributed by atoms with E-state index in [1.807, 2.05) is 0 Å². The standard InChI is InChI=1S/C47H71N15O6/c1-67-45(65)40(57-43(63)37-10-12-38(13-11-37)54-30-39-31-55-42-41(56-39)44(64)59-46(48)58-42)34-68-47(66)62-26-5-18-52-22-21-51-17-4-25-61(28-29-62)33-36-8-6-35(7-9-36)32-60-24-3-16-50-20-19-49-14-2-15-53-23-27-60/h6-13,31,40,49-54H,2-5,14-30,32-34H2,1H3,(H,57,63)(H3,48,55,58,59,64). The van der Waals surface area contributed by atoms with E-state index < -0.39 is 30.6 Å². The van der Waals surface area contributed by atoms with E-state index in [9.17, 15) is 19.5 Å². The number of carbonyl (C=O) groups excluding carboxylic acids is 3. The number of anilines is 2. The summed E-state index contributed by atoms with van der Waals surface area (Å²) in [6.45, 7) is 15.2. The Bertz CT molecular complexity index is 2140. The van der Waals surface area contributed by atoms with Crippen molar-refractivity contribution in [2.24, 2.45) is 0 Å². The summed E-state index contributed by atoms with van der Waals surface area (Å²) in [6.07, 6.45) is 4.84. The number of rotatable bonds is 12. The lowest BCUT2D eigenvalue weighted by Gasteiger charge is -2.29. The van der Waals surface area contributed by atoms with Crippen LogP contribution in [-0.2, 0) is 33.9 Å². The van der Waals surface area contributed by atoms with E-state index in [4.69, 9.17) is 15.2 Å². The first-order chi connectivity index (χ1) is 33.2. The fraction of sp³-hybridized carbons (Fsp3) is 0.553. The van der Waals surface area contributed by atoms with Crippen molar-refractivity contribution in [2.45, 2.75) is 51.4 Å². The molecule has 21 heteroatoms. The molecule has 2 saturated heterocycles. The van der Waals surface area contributed by atoms with Gasteiger partial charge >= 0.3 is 12.1 Å². The van der Waals surface area contributed by atoms with Crippen LogP contribution in [0.15, 0.2) is 54.7 Å². The summed E-state index contributed by atoms with van der Waals surface area (Å²) in [5.41, 5.74) is 9.85. The zero-order chi connectivity index (χ0) is 47.8. The van der Waals surface area contributed by atoms with Crippen LogP contribution in [0.3, 0.4) is 0 Å². The van der Waals surface area contributed by atoms with Crippen molar-refractivity contribution in [2.75, 3.05) is 129 Å². The molecule has 10 N–H and O–H groups in total. The van der Waals surface area contributed by atoms with E-state index >= 15 is 0 Å². The third-order valence-electron chi connectivity index (χ3n) is 11.7. The van der Waals surface area contributed by atoms with Crippen molar-refractivity contribution >= 4 is 40.8 Å². The lowest BCUT2D eigenvalue weighted by atomic mass is 10.1. The minimum Gasteiger partial charge on any atom is -0.492 e. The van der Waals surface area contributed by atoms with E-state index in [0.29, 0.717) is 37.4 Å². The molecule has 0 bridgehead atoms. The number of esters is 1. The van der Waals surface area contributed by atoms with Crippen LogP contribution in [0, 0.1) is 0 Å². The van der Waals surface area contributed by atoms with Crippen molar-refractivity contribution in [3.63, 3.8) is 0 Å². The molecule has 0 aliphatic carbocycles. The summed E-state index contributed by atoms with van der Waals surface area (Å²) < 4.78 is 10.7. The highest BCUT2D eigenvalue weighted by Gasteiger charge is 2.26. The average molecular weight is 942 g/mol. The first kappa shape index (κ1) is 51.6. The van der Waals surface area contributed by atoms with Crippen LogP contribution in [0.25, 0.3) is 11.2 Å². The van der Waals surface area contributed by atoms with E-state index in [1.165, 1.54) is 24.4 Å². The molecule has 2 aromatic carbocycles. The topological polar surface area (TPSA) is 261 Å². The van der Waals surface area contributed by atoms with Crippen LogP contribution in [0.2, 0.25) is 0 Å². The number of methoxy groups -OCH3 is 1. The fourth-order valence-electron chi connectivity index (χ4n) is 7.93. The van der Waals surface area contributed by atoms with E-state index in [1.54, 1.807) is 29.2 Å². The van der Waals surface area contributed by atoms with Gasteiger partial charge in [-0.1, -0.05) is 24.3 Å². The second-order valence-electron chi connectivity index (χ2n) is 17.0. The molecule has 0 saturated carbocycles. The molecular weight excluding hydrogens is 871 g/mol. The highest BCUT2D eigenvalue weighted by molar-refractivity contribution is 5.97. The Kier molecular flexibility index (Phi) is 21.6. The number of hydrogen-bond donors (Lipinski definition) is 9. The number of amides is 2. The Morgan fingerprint density at radius 3 is 1.93 bits per heavy atom. The fourth-order valence-corrected chi connectivity index (χ4v) is 7.93. The number of benzene rings is 2. The van der Waals surface area contributed by atoms with Gasteiger partial charge < -0.3 is 62.4 Å². The first-order valence-electron chi connectivity index (χ1n) is 23.9. The number of aromatic hydroxyl groups is 1. The SMILES string of the molecule is COC(=O)C(COC(=O)N1CCCNCCNCCCN(Cc2ccc(CN3CCCNCCNCCCNCC3)cc2)CC1)NC(=O)c1ccc(NCc2cnc3nc(N)nc(O)c3n2)cc1. The zero-order valence-electron chi connectivity index (χ0n) is 39.4. The number of aromatic nitrogens is 4. The van der Waals surface area contributed by atoms with Crippen LogP contribution >= 0.6 is 0 Å². The molecule has 6 rings (SSSR count). The molecule has 0 radical (unpaired) electrons. The van der Waals surface area contributed by atoms with Gasteiger partial charge in [-0.3, -0.25) is 14.6 Å². The number of hydrogen-bond acceptors (Lipinski definition) is 19. The second-order valence-corrected chi connectivity index (χ2v) is 17.0. The van der Waals surface area contributed by atoms with E-state index in [2.05, 4.69) is 91.2 Å². The number of nitrogens with one attached hydrogen (secondary N) is 7. The molecule has 1 unspecified atom stereocenters. The molecule has 2 aliphatic rings. The van der Waals surface area contributed by atoms with Gasteiger partial charge in [0.25, 0.3) is 5.91 Å². The van der Waals surface area contributed by atoms with Gasteiger partial charge in [0.05, 0.1) is 25.5 Å².